The van der Waals surface area contributed by atoms with E-state index in [-0.39, 0.29) is 17.3 Å². The molecule has 0 aliphatic carbocycles. The van der Waals surface area contributed by atoms with Crippen LogP contribution < -0.4 is 4.72 Å². The molecule has 0 spiro atoms. The number of hydrogen-bond donors (Lipinski definition) is 1. The van der Waals surface area contributed by atoms with Crippen LogP contribution in [0, 0.1) is 6.92 Å². The van der Waals surface area contributed by atoms with Crippen molar-refractivity contribution in [2.45, 2.75) is 18.4 Å². The summed E-state index contributed by atoms with van der Waals surface area (Å²) in [5.41, 5.74) is 2.26. The predicted molar refractivity (Wildman–Crippen MR) is 93.6 cm³/mol. The molecule has 1 N–H and O–H groups in total. The molecule has 0 saturated carbocycles. The van der Waals surface area contributed by atoms with Crippen LogP contribution in [0.15, 0.2) is 72.1 Å². The highest BCUT2D eigenvalue weighted by molar-refractivity contribution is 7.89. The van der Waals surface area contributed by atoms with Gasteiger partial charge in [0.1, 0.15) is 6.33 Å². The molecule has 1 heterocycles. The Morgan fingerprint density at radius 2 is 1.76 bits per heavy atom. The first-order chi connectivity index (χ1) is 12.0. The van der Waals surface area contributed by atoms with E-state index >= 15 is 0 Å². The van der Waals surface area contributed by atoms with Crippen LogP contribution in [0.5, 0.6) is 0 Å². The molecule has 7 heteroatoms. The first kappa shape index (κ1) is 17.1. The van der Waals surface area contributed by atoms with Gasteiger partial charge in [-0.2, -0.15) is 0 Å². The van der Waals surface area contributed by atoms with E-state index in [2.05, 4.69) is 9.71 Å². The van der Waals surface area contributed by atoms with Gasteiger partial charge in [0, 0.05) is 24.5 Å². The van der Waals surface area contributed by atoms with Crippen molar-refractivity contribution in [3.63, 3.8) is 0 Å². The van der Waals surface area contributed by atoms with E-state index in [1.165, 1.54) is 17.1 Å². The van der Waals surface area contributed by atoms with Crippen LogP contribution in [0.1, 0.15) is 21.5 Å². The Bertz CT molecular complexity index is 961. The molecule has 1 aromatic heterocycles. The lowest BCUT2D eigenvalue weighted by atomic mass is 10.1. The molecular weight excluding hydrogens is 338 g/mol. The zero-order chi connectivity index (χ0) is 17.9. The van der Waals surface area contributed by atoms with E-state index in [1.54, 1.807) is 54.7 Å². The van der Waals surface area contributed by atoms with Gasteiger partial charge in [-0.25, -0.2) is 18.1 Å². The van der Waals surface area contributed by atoms with Crippen molar-refractivity contribution in [2.24, 2.45) is 0 Å². The summed E-state index contributed by atoms with van der Waals surface area (Å²) in [4.78, 5) is 16.2. The van der Waals surface area contributed by atoms with Gasteiger partial charge < -0.3 is 0 Å². The highest BCUT2D eigenvalue weighted by Crippen LogP contribution is 2.12. The number of hydrogen-bond acceptors (Lipinski definition) is 4. The molecule has 0 radical (unpaired) electrons. The largest absolute Gasteiger partial charge is 0.272 e. The van der Waals surface area contributed by atoms with Gasteiger partial charge in [-0.05, 0) is 36.8 Å². The normalized spacial score (nSPS) is 11.4. The van der Waals surface area contributed by atoms with Crippen LogP contribution in [0.25, 0.3) is 0 Å². The molecule has 0 bridgehead atoms. The number of sulfonamides is 1. The van der Waals surface area contributed by atoms with Crippen molar-refractivity contribution >= 4 is 15.9 Å². The highest BCUT2D eigenvalue weighted by atomic mass is 32.2. The van der Waals surface area contributed by atoms with Crippen molar-refractivity contribution in [2.75, 3.05) is 0 Å². The monoisotopic (exact) mass is 355 g/mol. The van der Waals surface area contributed by atoms with Gasteiger partial charge in [-0.1, -0.05) is 29.8 Å². The van der Waals surface area contributed by atoms with Gasteiger partial charge in [0.15, 0.2) is 0 Å². The van der Waals surface area contributed by atoms with Crippen LogP contribution >= 0.6 is 0 Å². The number of nitrogens with one attached hydrogen (secondary N) is 1. The van der Waals surface area contributed by atoms with Gasteiger partial charge in [-0.3, -0.25) is 9.36 Å². The topological polar surface area (TPSA) is 81.1 Å². The molecule has 128 valence electrons. The number of carbonyl (C=O) groups excluding carboxylic acids is 1. The summed E-state index contributed by atoms with van der Waals surface area (Å²) in [6.07, 6.45) is 4.55. The average Bonchev–Trinajstić information content (AvgIpc) is 3.15. The van der Waals surface area contributed by atoms with E-state index in [1.807, 2.05) is 6.92 Å². The van der Waals surface area contributed by atoms with Gasteiger partial charge in [0.25, 0.3) is 5.91 Å². The van der Waals surface area contributed by atoms with Crippen molar-refractivity contribution in [3.8, 4) is 0 Å². The third kappa shape index (κ3) is 4.01. The number of carbonyl (C=O) groups is 1. The first-order valence-corrected chi connectivity index (χ1v) is 9.12. The molecule has 0 unspecified atom stereocenters. The summed E-state index contributed by atoms with van der Waals surface area (Å²) in [6, 6.07) is 13.4. The summed E-state index contributed by atoms with van der Waals surface area (Å²) in [5.74, 6) is -0.190. The maximum atomic E-state index is 12.3. The molecule has 3 aromatic rings. The Hall–Kier alpha value is -2.77. The zero-order valence-electron chi connectivity index (χ0n) is 13.6. The van der Waals surface area contributed by atoms with Gasteiger partial charge in [0.05, 0.1) is 4.90 Å². The van der Waals surface area contributed by atoms with Crippen molar-refractivity contribution in [1.29, 1.82) is 0 Å². The Morgan fingerprint density at radius 3 is 2.36 bits per heavy atom. The summed E-state index contributed by atoms with van der Waals surface area (Å²) >= 11 is 0. The fourth-order valence-corrected chi connectivity index (χ4v) is 3.29. The molecule has 0 amide bonds. The number of benzene rings is 2. The van der Waals surface area contributed by atoms with Crippen LogP contribution in [0.4, 0.5) is 0 Å². The molecule has 2 aromatic carbocycles. The van der Waals surface area contributed by atoms with Crippen LogP contribution in [-0.4, -0.2) is 23.9 Å². The van der Waals surface area contributed by atoms with Crippen molar-refractivity contribution in [1.82, 2.24) is 14.3 Å². The number of imidazole rings is 1. The Kier molecular flexibility index (Phi) is 4.78. The molecule has 3 rings (SSSR count). The fourth-order valence-electron chi connectivity index (χ4n) is 2.27. The molecule has 0 fully saturated rings. The average molecular weight is 355 g/mol. The van der Waals surface area contributed by atoms with Crippen molar-refractivity contribution in [3.05, 3.63) is 83.9 Å². The third-order valence-corrected chi connectivity index (χ3v) is 5.15. The van der Waals surface area contributed by atoms with Gasteiger partial charge in [-0.15, -0.1) is 0 Å². The molecule has 6 nitrogen and oxygen atoms in total. The van der Waals surface area contributed by atoms with E-state index in [0.717, 1.165) is 11.1 Å². The van der Waals surface area contributed by atoms with E-state index in [4.69, 9.17) is 0 Å². The lowest BCUT2D eigenvalue weighted by Gasteiger charge is -2.08. The van der Waals surface area contributed by atoms with Crippen LogP contribution in [0.2, 0.25) is 0 Å². The summed E-state index contributed by atoms with van der Waals surface area (Å²) in [7, 11) is -3.57. The zero-order valence-corrected chi connectivity index (χ0v) is 14.4. The lowest BCUT2D eigenvalue weighted by Crippen LogP contribution is -2.23. The van der Waals surface area contributed by atoms with Gasteiger partial charge in [0.2, 0.25) is 10.0 Å². The van der Waals surface area contributed by atoms with E-state index in [0.29, 0.717) is 5.56 Å². The molecule has 0 saturated heterocycles. The van der Waals surface area contributed by atoms with Crippen LogP contribution in [0.3, 0.4) is 0 Å². The van der Waals surface area contributed by atoms with E-state index in [9.17, 15) is 13.2 Å². The van der Waals surface area contributed by atoms with Crippen molar-refractivity contribution < 1.29 is 13.2 Å². The van der Waals surface area contributed by atoms with Gasteiger partial charge >= 0.3 is 0 Å². The molecule has 0 aliphatic rings. The maximum absolute atomic E-state index is 12.3. The second-order valence-corrected chi connectivity index (χ2v) is 7.38. The second kappa shape index (κ2) is 7.00. The predicted octanol–water partition coefficient (Wildman–Crippen LogP) is 2.36. The minimum absolute atomic E-state index is 0.149. The standard InChI is InChI=1S/C18H17N3O3S/c1-14-2-8-17(9-3-14)25(23,24)20-12-15-4-6-16(7-5-15)18(22)21-11-10-19-13-21/h2-11,13,20H,12H2,1H3. The molecule has 25 heavy (non-hydrogen) atoms. The first-order valence-electron chi connectivity index (χ1n) is 7.64. The summed E-state index contributed by atoms with van der Waals surface area (Å²) < 4.78 is 28.5. The minimum atomic E-state index is -3.57. The maximum Gasteiger partial charge on any atom is 0.263 e. The van der Waals surface area contributed by atoms with Crippen LogP contribution in [-0.2, 0) is 16.6 Å². The number of nitrogens with zero attached hydrogens (tertiary/aromatic N) is 2. The number of aryl methyl sites for hydroxylation is 1. The molecular formula is C18H17N3O3S. The lowest BCUT2D eigenvalue weighted by molar-refractivity contribution is 0.0959. The minimum Gasteiger partial charge on any atom is -0.272 e. The summed E-state index contributed by atoms with van der Waals surface area (Å²) in [6.45, 7) is 2.05. The Labute approximate surface area is 146 Å². The SMILES string of the molecule is Cc1ccc(S(=O)(=O)NCc2ccc(C(=O)n3ccnc3)cc2)cc1. The molecule has 0 atom stereocenters. The fraction of sp³-hybridized carbons (Fsp3) is 0.111. The molecule has 0 aliphatic heterocycles. The number of aromatic nitrogens is 2. The van der Waals surface area contributed by atoms with E-state index < -0.39 is 10.0 Å². The quantitative estimate of drug-likeness (QED) is 0.762. The smallest absolute Gasteiger partial charge is 0.263 e. The summed E-state index contributed by atoms with van der Waals surface area (Å²) in [5, 5.41) is 0. The highest BCUT2D eigenvalue weighted by Gasteiger charge is 2.13. The Morgan fingerprint density at radius 1 is 1.08 bits per heavy atom. The number of rotatable bonds is 5. The second-order valence-electron chi connectivity index (χ2n) is 5.61. The third-order valence-electron chi connectivity index (χ3n) is 3.74. The Balaban J connectivity index is 1.67.